The third-order valence-corrected chi connectivity index (χ3v) is 2.42. The zero-order valence-corrected chi connectivity index (χ0v) is 13.0. The van der Waals surface area contributed by atoms with E-state index < -0.39 is 12.1 Å². The number of nitrogens with two attached hydrogens (primary N) is 1. The summed E-state index contributed by atoms with van der Waals surface area (Å²) in [7, 11) is 0. The average Bonchev–Trinajstić information content (AvgIpc) is 2.10. The Morgan fingerprint density at radius 3 is 2.22 bits per heavy atom. The molecule has 0 aliphatic rings. The standard InChI is InChI=1S/C13H28N2O2.ClH/c1-9(2)6-11(14)12(17)15-8-10(16)7-13(3,4)5;/h9-11,16H,6-8,14H2,1-5H3,(H,15,17);1H/t10?,11-;/m0./s1. The number of aliphatic hydroxyl groups is 1. The topological polar surface area (TPSA) is 75.4 Å². The Bertz CT molecular complexity index is 240. The third kappa shape index (κ3) is 10.8. The highest BCUT2D eigenvalue weighted by Crippen LogP contribution is 2.20. The van der Waals surface area contributed by atoms with Crippen LogP contribution in [0.1, 0.15) is 47.5 Å². The summed E-state index contributed by atoms with van der Waals surface area (Å²) >= 11 is 0. The normalized spacial score (nSPS) is 14.9. The first-order chi connectivity index (χ1) is 7.61. The van der Waals surface area contributed by atoms with Crippen molar-refractivity contribution in [1.29, 1.82) is 0 Å². The number of nitrogens with one attached hydrogen (secondary N) is 1. The summed E-state index contributed by atoms with van der Waals surface area (Å²) in [6.07, 6.45) is 0.818. The second kappa shape index (κ2) is 8.73. The van der Waals surface area contributed by atoms with Gasteiger partial charge in [0.15, 0.2) is 0 Å². The molecule has 4 N–H and O–H groups in total. The van der Waals surface area contributed by atoms with Gasteiger partial charge in [-0.05, 0) is 24.2 Å². The van der Waals surface area contributed by atoms with Crippen molar-refractivity contribution in [3.8, 4) is 0 Å². The van der Waals surface area contributed by atoms with Gasteiger partial charge in [0, 0.05) is 6.54 Å². The third-order valence-electron chi connectivity index (χ3n) is 2.42. The molecule has 0 aromatic rings. The first kappa shape index (κ1) is 20.0. The maximum Gasteiger partial charge on any atom is 0.237 e. The zero-order chi connectivity index (χ0) is 13.6. The molecule has 0 rings (SSSR count). The van der Waals surface area contributed by atoms with Crippen LogP contribution in [-0.2, 0) is 4.79 Å². The van der Waals surface area contributed by atoms with Crippen molar-refractivity contribution in [2.75, 3.05) is 6.54 Å². The number of carbonyl (C=O) groups is 1. The summed E-state index contributed by atoms with van der Waals surface area (Å²) in [5.74, 6) is 0.224. The van der Waals surface area contributed by atoms with Gasteiger partial charge in [-0.15, -0.1) is 12.4 Å². The smallest absolute Gasteiger partial charge is 0.237 e. The van der Waals surface area contributed by atoms with E-state index in [1.54, 1.807) is 0 Å². The number of rotatable bonds is 6. The minimum absolute atomic E-state index is 0. The molecule has 0 aliphatic heterocycles. The molecule has 0 heterocycles. The van der Waals surface area contributed by atoms with Crippen molar-refractivity contribution in [2.45, 2.75) is 59.6 Å². The van der Waals surface area contributed by atoms with Crippen LogP contribution < -0.4 is 11.1 Å². The molecule has 0 bridgehead atoms. The van der Waals surface area contributed by atoms with Crippen molar-refractivity contribution >= 4 is 18.3 Å². The molecule has 2 atom stereocenters. The van der Waals surface area contributed by atoms with Crippen LogP contribution in [0.2, 0.25) is 0 Å². The van der Waals surface area contributed by atoms with Gasteiger partial charge < -0.3 is 16.2 Å². The summed E-state index contributed by atoms with van der Waals surface area (Å²) in [6.45, 7) is 10.5. The lowest BCUT2D eigenvalue weighted by Gasteiger charge is -2.23. The van der Waals surface area contributed by atoms with E-state index in [9.17, 15) is 9.90 Å². The lowest BCUT2D eigenvalue weighted by Crippen LogP contribution is -2.44. The number of halogens is 1. The molecule has 110 valence electrons. The van der Waals surface area contributed by atoms with Gasteiger partial charge in [-0.3, -0.25) is 4.79 Å². The predicted molar refractivity (Wildman–Crippen MR) is 77.8 cm³/mol. The van der Waals surface area contributed by atoms with Gasteiger partial charge in [-0.2, -0.15) is 0 Å². The van der Waals surface area contributed by atoms with Crippen LogP contribution in [0.15, 0.2) is 0 Å². The maximum absolute atomic E-state index is 11.6. The monoisotopic (exact) mass is 280 g/mol. The molecule has 5 heteroatoms. The summed E-state index contributed by atoms with van der Waals surface area (Å²) in [4.78, 5) is 11.6. The minimum atomic E-state index is -0.509. The van der Waals surface area contributed by atoms with Crippen LogP contribution >= 0.6 is 12.4 Å². The summed E-state index contributed by atoms with van der Waals surface area (Å²) in [5, 5.41) is 12.4. The Labute approximate surface area is 117 Å². The molecule has 0 radical (unpaired) electrons. The van der Waals surface area contributed by atoms with Gasteiger partial charge in [-0.1, -0.05) is 34.6 Å². The van der Waals surface area contributed by atoms with E-state index in [4.69, 9.17) is 5.73 Å². The number of aliphatic hydroxyl groups excluding tert-OH is 1. The predicted octanol–water partition coefficient (Wildman–Crippen LogP) is 1.69. The van der Waals surface area contributed by atoms with Gasteiger partial charge in [-0.25, -0.2) is 0 Å². The molecule has 0 aromatic carbocycles. The fourth-order valence-corrected chi connectivity index (χ4v) is 1.74. The van der Waals surface area contributed by atoms with Gasteiger partial charge in [0.2, 0.25) is 5.91 Å². The van der Waals surface area contributed by atoms with Gasteiger partial charge in [0.25, 0.3) is 0 Å². The van der Waals surface area contributed by atoms with Crippen LogP contribution in [-0.4, -0.2) is 29.7 Å². The Morgan fingerprint density at radius 2 is 1.83 bits per heavy atom. The van der Waals surface area contributed by atoms with E-state index >= 15 is 0 Å². The molecule has 0 saturated carbocycles. The number of hydrogen-bond acceptors (Lipinski definition) is 3. The van der Waals surface area contributed by atoms with Gasteiger partial charge >= 0.3 is 0 Å². The molecule has 1 amide bonds. The average molecular weight is 281 g/mol. The molecular formula is C13H29ClN2O2. The lowest BCUT2D eigenvalue weighted by molar-refractivity contribution is -0.123. The van der Waals surface area contributed by atoms with E-state index in [1.165, 1.54) is 0 Å². The van der Waals surface area contributed by atoms with Crippen molar-refractivity contribution in [1.82, 2.24) is 5.32 Å². The highest BCUT2D eigenvalue weighted by Gasteiger charge is 2.19. The number of carbonyl (C=O) groups excluding carboxylic acids is 1. The van der Waals surface area contributed by atoms with E-state index in [1.807, 2.05) is 13.8 Å². The maximum atomic E-state index is 11.6. The van der Waals surface area contributed by atoms with E-state index in [2.05, 4.69) is 26.1 Å². The molecule has 18 heavy (non-hydrogen) atoms. The quantitative estimate of drug-likeness (QED) is 0.693. The largest absolute Gasteiger partial charge is 0.391 e. The molecule has 1 unspecified atom stereocenters. The second-order valence-electron chi connectivity index (χ2n) is 6.40. The first-order valence-corrected chi connectivity index (χ1v) is 6.33. The summed E-state index contributed by atoms with van der Waals surface area (Å²) in [6, 6.07) is -0.475. The molecule has 0 aromatic heterocycles. The van der Waals surface area contributed by atoms with Gasteiger partial charge in [0.1, 0.15) is 0 Å². The number of hydrogen-bond donors (Lipinski definition) is 3. The van der Waals surface area contributed by atoms with E-state index in [0.717, 1.165) is 0 Å². The summed E-state index contributed by atoms with van der Waals surface area (Å²) in [5.41, 5.74) is 5.80. The van der Waals surface area contributed by atoms with Crippen molar-refractivity contribution < 1.29 is 9.90 Å². The lowest BCUT2D eigenvalue weighted by atomic mass is 9.89. The highest BCUT2D eigenvalue weighted by atomic mass is 35.5. The van der Waals surface area contributed by atoms with E-state index in [0.29, 0.717) is 18.8 Å². The minimum Gasteiger partial charge on any atom is -0.391 e. The Balaban J connectivity index is 0. The molecular weight excluding hydrogens is 252 g/mol. The highest BCUT2D eigenvalue weighted by molar-refractivity contribution is 5.85. The molecule has 4 nitrogen and oxygen atoms in total. The SMILES string of the molecule is CC(C)C[C@H](N)C(=O)NCC(O)CC(C)(C)C.Cl. The van der Waals surface area contributed by atoms with Crippen LogP contribution in [0.4, 0.5) is 0 Å². The first-order valence-electron chi connectivity index (χ1n) is 6.33. The second-order valence-corrected chi connectivity index (χ2v) is 6.40. The van der Waals surface area contributed by atoms with Gasteiger partial charge in [0.05, 0.1) is 12.1 Å². The zero-order valence-electron chi connectivity index (χ0n) is 12.2. The molecule has 0 fully saturated rings. The van der Waals surface area contributed by atoms with Crippen molar-refractivity contribution in [3.05, 3.63) is 0 Å². The Hall–Kier alpha value is -0.320. The van der Waals surface area contributed by atoms with Crippen molar-refractivity contribution in [3.63, 3.8) is 0 Å². The van der Waals surface area contributed by atoms with Crippen molar-refractivity contribution in [2.24, 2.45) is 17.1 Å². The summed E-state index contributed by atoms with van der Waals surface area (Å²) < 4.78 is 0. The Morgan fingerprint density at radius 1 is 1.33 bits per heavy atom. The molecule has 0 saturated heterocycles. The van der Waals surface area contributed by atoms with Crippen LogP contribution in [0.25, 0.3) is 0 Å². The van der Waals surface area contributed by atoms with E-state index in [-0.39, 0.29) is 30.3 Å². The fourth-order valence-electron chi connectivity index (χ4n) is 1.74. The van der Waals surface area contributed by atoms with Crippen LogP contribution in [0, 0.1) is 11.3 Å². The fraction of sp³-hybridized carbons (Fsp3) is 0.923. The molecule has 0 aliphatic carbocycles. The number of amides is 1. The Kier molecular flexibility index (Phi) is 9.70. The van der Waals surface area contributed by atoms with Crippen LogP contribution in [0.3, 0.4) is 0 Å². The molecule has 0 spiro atoms. The van der Waals surface area contributed by atoms with Crippen LogP contribution in [0.5, 0.6) is 0 Å².